The number of hydrogen-bond acceptors (Lipinski definition) is 3. The summed E-state index contributed by atoms with van der Waals surface area (Å²) in [6, 6.07) is 17.3. The van der Waals surface area contributed by atoms with Gasteiger partial charge >= 0.3 is 0 Å². The van der Waals surface area contributed by atoms with Crippen LogP contribution in [-0.4, -0.2) is 26.6 Å². The third-order valence-electron chi connectivity index (χ3n) is 4.03. The summed E-state index contributed by atoms with van der Waals surface area (Å²) in [7, 11) is -3.60. The summed E-state index contributed by atoms with van der Waals surface area (Å²) < 4.78 is 25.7. The Morgan fingerprint density at radius 1 is 1.04 bits per heavy atom. The van der Waals surface area contributed by atoms with E-state index in [0.29, 0.717) is 12.1 Å². The van der Waals surface area contributed by atoms with E-state index in [1.54, 1.807) is 37.3 Å². The van der Waals surface area contributed by atoms with Crippen molar-refractivity contribution < 1.29 is 13.2 Å². The molecule has 0 aromatic heterocycles. The third-order valence-corrected chi connectivity index (χ3v) is 5.27. The topological polar surface area (TPSA) is 66.5 Å². The summed E-state index contributed by atoms with van der Waals surface area (Å²) in [5.74, 6) is -0.329. The number of rotatable bonds is 7. The molecule has 0 saturated heterocycles. The number of hydrogen-bond donors (Lipinski definition) is 1. The van der Waals surface area contributed by atoms with E-state index in [1.165, 1.54) is 0 Å². The van der Waals surface area contributed by atoms with Gasteiger partial charge in [0, 0.05) is 0 Å². The molecule has 134 valence electrons. The molecule has 2 aromatic carbocycles. The fourth-order valence-electron chi connectivity index (χ4n) is 2.78. The van der Waals surface area contributed by atoms with Crippen molar-refractivity contribution in [1.29, 1.82) is 0 Å². The van der Waals surface area contributed by atoms with Crippen molar-refractivity contribution in [2.75, 3.05) is 10.6 Å². The Labute approximate surface area is 149 Å². The van der Waals surface area contributed by atoms with Crippen LogP contribution < -0.4 is 9.62 Å². The van der Waals surface area contributed by atoms with Crippen LogP contribution in [0, 0.1) is 0 Å². The lowest BCUT2D eigenvalue weighted by molar-refractivity contribution is -0.122. The molecule has 0 aliphatic rings. The van der Waals surface area contributed by atoms with Gasteiger partial charge in [-0.25, -0.2) is 8.42 Å². The van der Waals surface area contributed by atoms with Crippen LogP contribution in [0.2, 0.25) is 0 Å². The first-order valence-electron chi connectivity index (χ1n) is 8.24. The standard InChI is InChI=1S/C19H24N2O3S/c1-4-18(16-11-7-5-8-12-16)20-19(22)15(2)21(25(3,23)24)17-13-9-6-10-14-17/h5-15,18H,4H2,1-3H3,(H,20,22)/t15-,18+/m0/s1. The number of carbonyl (C=O) groups is 1. The molecule has 2 atom stereocenters. The average molecular weight is 360 g/mol. The average Bonchev–Trinajstić information content (AvgIpc) is 2.60. The Morgan fingerprint density at radius 2 is 1.56 bits per heavy atom. The highest BCUT2D eigenvalue weighted by atomic mass is 32.2. The van der Waals surface area contributed by atoms with Crippen molar-refractivity contribution in [3.8, 4) is 0 Å². The first-order chi connectivity index (χ1) is 11.8. The maximum atomic E-state index is 12.7. The summed E-state index contributed by atoms with van der Waals surface area (Å²) >= 11 is 0. The van der Waals surface area contributed by atoms with Gasteiger partial charge in [0.2, 0.25) is 15.9 Å². The molecule has 0 unspecified atom stereocenters. The second-order valence-electron chi connectivity index (χ2n) is 5.95. The van der Waals surface area contributed by atoms with E-state index >= 15 is 0 Å². The second kappa shape index (κ2) is 8.16. The van der Waals surface area contributed by atoms with Crippen LogP contribution in [0.15, 0.2) is 60.7 Å². The molecule has 1 amide bonds. The van der Waals surface area contributed by atoms with Crippen LogP contribution in [-0.2, 0) is 14.8 Å². The van der Waals surface area contributed by atoms with Gasteiger partial charge in [0.1, 0.15) is 6.04 Å². The maximum Gasteiger partial charge on any atom is 0.244 e. The van der Waals surface area contributed by atoms with E-state index in [1.807, 2.05) is 37.3 Å². The predicted octanol–water partition coefficient (Wildman–Crippen LogP) is 3.11. The molecule has 2 aromatic rings. The number of amides is 1. The molecule has 25 heavy (non-hydrogen) atoms. The van der Waals surface area contributed by atoms with Crippen molar-refractivity contribution in [2.45, 2.75) is 32.4 Å². The fourth-order valence-corrected chi connectivity index (χ4v) is 3.96. The molecule has 0 heterocycles. The largest absolute Gasteiger partial charge is 0.347 e. The Bertz CT molecular complexity index is 792. The lowest BCUT2D eigenvalue weighted by atomic mass is 10.0. The van der Waals surface area contributed by atoms with Gasteiger partial charge in [-0.3, -0.25) is 9.10 Å². The minimum atomic E-state index is -3.60. The van der Waals surface area contributed by atoms with Gasteiger partial charge in [-0.15, -0.1) is 0 Å². The smallest absolute Gasteiger partial charge is 0.244 e. The fraction of sp³-hybridized carbons (Fsp3) is 0.316. The Morgan fingerprint density at radius 3 is 2.04 bits per heavy atom. The molecule has 0 aliphatic carbocycles. The van der Waals surface area contributed by atoms with Crippen molar-refractivity contribution in [2.24, 2.45) is 0 Å². The Hall–Kier alpha value is -2.34. The zero-order valence-electron chi connectivity index (χ0n) is 14.7. The number of nitrogens with zero attached hydrogens (tertiary/aromatic N) is 1. The number of para-hydroxylation sites is 1. The predicted molar refractivity (Wildman–Crippen MR) is 101 cm³/mol. The highest BCUT2D eigenvalue weighted by Gasteiger charge is 2.30. The molecule has 0 saturated carbocycles. The van der Waals surface area contributed by atoms with Gasteiger partial charge < -0.3 is 5.32 Å². The summed E-state index contributed by atoms with van der Waals surface area (Å²) in [4.78, 5) is 12.7. The summed E-state index contributed by atoms with van der Waals surface area (Å²) in [5, 5.41) is 2.96. The monoisotopic (exact) mass is 360 g/mol. The summed E-state index contributed by atoms with van der Waals surface area (Å²) in [6.07, 6.45) is 1.82. The molecular weight excluding hydrogens is 336 g/mol. The summed E-state index contributed by atoms with van der Waals surface area (Å²) in [6.45, 7) is 3.58. The van der Waals surface area contributed by atoms with Crippen LogP contribution in [0.5, 0.6) is 0 Å². The SMILES string of the molecule is CC[C@@H](NC(=O)[C@H](C)N(c1ccccc1)S(C)(=O)=O)c1ccccc1. The Balaban J connectivity index is 2.24. The molecular formula is C19H24N2O3S. The van der Waals surface area contributed by atoms with E-state index in [2.05, 4.69) is 5.32 Å². The van der Waals surface area contributed by atoms with E-state index in [0.717, 1.165) is 16.1 Å². The minimum Gasteiger partial charge on any atom is -0.347 e. The molecule has 0 radical (unpaired) electrons. The van der Waals surface area contributed by atoms with Crippen LogP contribution in [0.1, 0.15) is 31.9 Å². The normalized spacial score (nSPS) is 13.7. The number of carbonyl (C=O) groups excluding carboxylic acids is 1. The van der Waals surface area contributed by atoms with Gasteiger partial charge in [-0.1, -0.05) is 55.5 Å². The van der Waals surface area contributed by atoms with Crippen LogP contribution in [0.4, 0.5) is 5.69 Å². The number of sulfonamides is 1. The van der Waals surface area contributed by atoms with E-state index < -0.39 is 16.1 Å². The molecule has 0 spiro atoms. The Kier molecular flexibility index (Phi) is 6.20. The quantitative estimate of drug-likeness (QED) is 0.825. The lowest BCUT2D eigenvalue weighted by Gasteiger charge is -2.29. The van der Waals surface area contributed by atoms with E-state index in [9.17, 15) is 13.2 Å². The van der Waals surface area contributed by atoms with Crippen LogP contribution in [0.3, 0.4) is 0 Å². The van der Waals surface area contributed by atoms with Crippen molar-refractivity contribution in [1.82, 2.24) is 5.32 Å². The van der Waals surface area contributed by atoms with E-state index in [4.69, 9.17) is 0 Å². The molecule has 6 heteroatoms. The van der Waals surface area contributed by atoms with Gasteiger partial charge in [0.15, 0.2) is 0 Å². The van der Waals surface area contributed by atoms with Gasteiger partial charge in [-0.05, 0) is 31.0 Å². The highest BCUT2D eigenvalue weighted by molar-refractivity contribution is 7.92. The molecule has 5 nitrogen and oxygen atoms in total. The highest BCUT2D eigenvalue weighted by Crippen LogP contribution is 2.22. The minimum absolute atomic E-state index is 0.159. The molecule has 0 bridgehead atoms. The zero-order chi connectivity index (χ0) is 18.4. The van der Waals surface area contributed by atoms with E-state index in [-0.39, 0.29) is 11.9 Å². The van der Waals surface area contributed by atoms with Crippen molar-refractivity contribution in [3.05, 3.63) is 66.2 Å². The van der Waals surface area contributed by atoms with Crippen molar-refractivity contribution >= 4 is 21.6 Å². The van der Waals surface area contributed by atoms with Crippen LogP contribution in [0.25, 0.3) is 0 Å². The van der Waals surface area contributed by atoms with Crippen LogP contribution >= 0.6 is 0 Å². The summed E-state index contributed by atoms with van der Waals surface area (Å²) in [5.41, 5.74) is 1.47. The van der Waals surface area contributed by atoms with Gasteiger partial charge in [-0.2, -0.15) is 0 Å². The lowest BCUT2D eigenvalue weighted by Crippen LogP contribution is -2.48. The van der Waals surface area contributed by atoms with Gasteiger partial charge in [0.25, 0.3) is 0 Å². The second-order valence-corrected chi connectivity index (χ2v) is 7.81. The number of nitrogens with one attached hydrogen (secondary N) is 1. The number of benzene rings is 2. The molecule has 1 N–H and O–H groups in total. The third kappa shape index (κ3) is 4.82. The first-order valence-corrected chi connectivity index (χ1v) is 10.1. The molecule has 0 fully saturated rings. The molecule has 0 aliphatic heterocycles. The maximum absolute atomic E-state index is 12.7. The van der Waals surface area contributed by atoms with Gasteiger partial charge in [0.05, 0.1) is 18.0 Å². The van der Waals surface area contributed by atoms with Crippen molar-refractivity contribution in [3.63, 3.8) is 0 Å². The molecule has 2 rings (SSSR count). The number of anilines is 1. The zero-order valence-corrected chi connectivity index (χ0v) is 15.5. The first kappa shape index (κ1) is 19.0.